The molecule has 0 rings (SSSR count). The third-order valence-corrected chi connectivity index (χ3v) is 17.4. The Morgan fingerprint density at radius 3 is 0.926 bits per heavy atom. The van der Waals surface area contributed by atoms with Crippen LogP contribution in [0.5, 0.6) is 0 Å². The Bertz CT molecular complexity index is 2170. The molecule has 0 saturated carbocycles. The maximum atomic E-state index is 12.9. The van der Waals surface area contributed by atoms with Crippen LogP contribution in [-0.4, -0.2) is 95.9 Å². The maximum Gasteiger partial charge on any atom is 0.472 e. The van der Waals surface area contributed by atoms with E-state index < -0.39 is 91.5 Å². The van der Waals surface area contributed by atoms with E-state index in [0.717, 1.165) is 128 Å². The van der Waals surface area contributed by atoms with E-state index in [1.54, 1.807) is 0 Å². The van der Waals surface area contributed by atoms with E-state index in [1.165, 1.54) is 116 Å². The number of aliphatic hydroxyl groups is 2. The number of carbonyl (C=O) groups excluding carboxylic acids is 3. The fraction of sp³-hybridized carbons (Fsp3) is 0.727. The van der Waals surface area contributed by atoms with Crippen molar-refractivity contribution in [3.63, 3.8) is 0 Å². The van der Waals surface area contributed by atoms with Crippen LogP contribution in [0.25, 0.3) is 0 Å². The lowest BCUT2D eigenvalue weighted by atomic mass is 10.0. The van der Waals surface area contributed by atoms with Gasteiger partial charge in [0.2, 0.25) is 0 Å². The minimum atomic E-state index is -4.93. The zero-order valence-electron chi connectivity index (χ0n) is 59.6. The second-order valence-corrected chi connectivity index (χ2v) is 27.6. The van der Waals surface area contributed by atoms with E-state index in [1.807, 2.05) is 0 Å². The van der Waals surface area contributed by atoms with Crippen LogP contribution in [-0.2, 0) is 55.8 Å². The summed E-state index contributed by atoms with van der Waals surface area (Å²) in [7, 11) is -9.78. The Balaban J connectivity index is 4.39. The number of phosphoric ester groups is 2. The number of phosphoric acid groups is 2. The molecule has 0 spiro atoms. The number of hydrogen-bond donors (Lipinski definition) is 4. The summed E-state index contributed by atoms with van der Waals surface area (Å²) in [6.45, 7) is 2.45. The molecule has 0 aromatic heterocycles. The molecule has 95 heavy (non-hydrogen) atoms. The highest BCUT2D eigenvalue weighted by Crippen LogP contribution is 2.45. The maximum absolute atomic E-state index is 12.9. The molecule has 0 saturated heterocycles. The quantitative estimate of drug-likeness (QED) is 0.0146. The summed E-state index contributed by atoms with van der Waals surface area (Å²) in [5.41, 5.74) is 0. The van der Waals surface area contributed by atoms with Crippen molar-refractivity contribution in [1.82, 2.24) is 0 Å². The summed E-state index contributed by atoms with van der Waals surface area (Å²) in [6.07, 6.45) is 80.2. The molecule has 0 amide bonds. The van der Waals surface area contributed by atoms with E-state index in [-0.39, 0.29) is 19.3 Å². The molecule has 16 nitrogen and oxygen atoms in total. The number of aliphatic hydroxyl groups excluding tert-OH is 2. The minimum Gasteiger partial charge on any atom is -0.463 e. The summed E-state index contributed by atoms with van der Waals surface area (Å²) < 4.78 is 60.9. The fourth-order valence-electron chi connectivity index (χ4n) is 9.76. The highest BCUT2D eigenvalue weighted by molar-refractivity contribution is 7.47. The Morgan fingerprint density at radius 1 is 0.305 bits per heavy atom. The summed E-state index contributed by atoms with van der Waals surface area (Å²) in [5, 5.41) is 20.6. The number of allylic oxidation sites excluding steroid dienone is 18. The molecule has 0 heterocycles. The van der Waals surface area contributed by atoms with Gasteiger partial charge in [0.05, 0.1) is 26.4 Å². The molecular weight excluding hydrogens is 1240 g/mol. The number of ether oxygens (including phenoxy) is 3. The van der Waals surface area contributed by atoms with Crippen LogP contribution in [0.4, 0.5) is 0 Å². The van der Waals surface area contributed by atoms with Crippen LogP contribution in [0.3, 0.4) is 0 Å². The van der Waals surface area contributed by atoms with Crippen LogP contribution in [0.1, 0.15) is 303 Å². The molecule has 0 aromatic rings. The highest BCUT2D eigenvalue weighted by atomic mass is 31.2. The third kappa shape index (κ3) is 71.3. The van der Waals surface area contributed by atoms with Gasteiger partial charge in [-0.1, -0.05) is 271 Å². The first-order valence-electron chi connectivity index (χ1n) is 37.2. The molecule has 0 aromatic carbocycles. The molecule has 0 aliphatic carbocycles. The van der Waals surface area contributed by atoms with E-state index in [9.17, 15) is 43.5 Å². The molecule has 5 atom stereocenters. The van der Waals surface area contributed by atoms with E-state index in [4.69, 9.17) is 32.3 Å². The number of unbranched alkanes of at least 4 members (excludes halogenated alkanes) is 29. The van der Waals surface area contributed by atoms with Crippen LogP contribution in [0.15, 0.2) is 109 Å². The molecule has 0 aliphatic rings. The molecular formula is C77H134O16P2. The van der Waals surface area contributed by atoms with Gasteiger partial charge in [-0.25, -0.2) is 9.13 Å². The van der Waals surface area contributed by atoms with Gasteiger partial charge in [0.1, 0.15) is 25.4 Å². The van der Waals surface area contributed by atoms with Gasteiger partial charge in [0.15, 0.2) is 6.10 Å². The smallest absolute Gasteiger partial charge is 0.463 e. The standard InChI is InChI=1S/C77H134O16P2/c1-4-7-10-13-16-19-22-24-26-28-29-30-31-32-33-34-35-36-37-38-39-40-41-43-45-46-49-51-54-57-60-63-75(80)87-66-72(78)67-89-94(83,84)90-68-73(79)69-91-95(85,86)92-71-74(93-77(82)65-62-59-56-53-48-21-18-15-12-9-6-3)70-88-76(81)64-61-58-55-52-50-47-44-42-27-25-23-20-17-14-11-8-5-2/h8,11,15-20,24-27,29-30,32-33,44,47,72-74,78-79H,4-7,9-10,12-14,21-23,28,31,34-43,45-46,48-71H2,1-3H3,(H,83,84)(H,85,86)/b11-8-,18-15-,19-16-,20-17-,26-24-,27-25-,30-29-,33-32-,47-44-. The Kier molecular flexibility index (Phi) is 67.3. The number of hydrogen-bond acceptors (Lipinski definition) is 14. The molecule has 5 unspecified atom stereocenters. The number of esters is 3. The van der Waals surface area contributed by atoms with Gasteiger partial charge >= 0.3 is 33.6 Å². The second kappa shape index (κ2) is 70.1. The predicted molar refractivity (Wildman–Crippen MR) is 390 cm³/mol. The zero-order chi connectivity index (χ0) is 69.5. The van der Waals surface area contributed by atoms with Crippen LogP contribution >= 0.6 is 15.6 Å². The van der Waals surface area contributed by atoms with E-state index in [2.05, 4.69) is 130 Å². The molecule has 0 fully saturated rings. The van der Waals surface area contributed by atoms with Crippen molar-refractivity contribution in [2.45, 2.75) is 322 Å². The summed E-state index contributed by atoms with van der Waals surface area (Å²) in [4.78, 5) is 58.4. The summed E-state index contributed by atoms with van der Waals surface area (Å²) in [6, 6.07) is 0. The average molecular weight is 1380 g/mol. The lowest BCUT2D eigenvalue weighted by molar-refractivity contribution is -0.161. The van der Waals surface area contributed by atoms with Gasteiger partial charge in [-0.15, -0.1) is 0 Å². The molecule has 548 valence electrons. The lowest BCUT2D eigenvalue weighted by Crippen LogP contribution is -2.30. The minimum absolute atomic E-state index is 0.0874. The molecule has 4 N–H and O–H groups in total. The van der Waals surface area contributed by atoms with Gasteiger partial charge in [-0.3, -0.25) is 32.5 Å². The predicted octanol–water partition coefficient (Wildman–Crippen LogP) is 21.2. The van der Waals surface area contributed by atoms with Gasteiger partial charge < -0.3 is 34.2 Å². The first-order chi connectivity index (χ1) is 46.2. The van der Waals surface area contributed by atoms with Gasteiger partial charge in [0, 0.05) is 19.3 Å². The van der Waals surface area contributed by atoms with Crippen molar-refractivity contribution < 1.29 is 75.8 Å². The largest absolute Gasteiger partial charge is 0.472 e. The van der Waals surface area contributed by atoms with Gasteiger partial charge in [0.25, 0.3) is 0 Å². The zero-order valence-corrected chi connectivity index (χ0v) is 61.4. The Morgan fingerprint density at radius 2 is 0.568 bits per heavy atom. The Labute approximate surface area is 577 Å². The normalized spacial score (nSPS) is 14.7. The van der Waals surface area contributed by atoms with Crippen LogP contribution in [0.2, 0.25) is 0 Å². The number of carbonyl (C=O) groups is 3. The second-order valence-electron chi connectivity index (χ2n) is 24.7. The van der Waals surface area contributed by atoms with Crippen molar-refractivity contribution in [3.8, 4) is 0 Å². The van der Waals surface area contributed by atoms with E-state index in [0.29, 0.717) is 19.3 Å². The summed E-state index contributed by atoms with van der Waals surface area (Å²) in [5.74, 6) is -1.61. The molecule has 18 heteroatoms. The van der Waals surface area contributed by atoms with Crippen molar-refractivity contribution in [1.29, 1.82) is 0 Å². The SMILES string of the molecule is CC/C=C\C/C=C\C/C=C\C/C=C\CCCCCCC(=O)OCC(COP(=O)(O)OCC(O)COP(=O)(O)OCC(O)COC(=O)CCCCCCCCCCCCCCCCC/C=C\C/C=C\C/C=C\C/C=C\CCCCC)OC(=O)CCCCCCC/C=C\CCCC. The molecule has 0 radical (unpaired) electrons. The number of rotatable bonds is 70. The van der Waals surface area contributed by atoms with Crippen molar-refractivity contribution in [3.05, 3.63) is 109 Å². The van der Waals surface area contributed by atoms with Gasteiger partial charge in [-0.05, 0) is 122 Å². The summed E-state index contributed by atoms with van der Waals surface area (Å²) >= 11 is 0. The van der Waals surface area contributed by atoms with Crippen LogP contribution < -0.4 is 0 Å². The molecule has 0 aliphatic heterocycles. The topological polar surface area (TPSA) is 231 Å². The van der Waals surface area contributed by atoms with Crippen LogP contribution in [0, 0.1) is 0 Å². The molecule has 0 bridgehead atoms. The van der Waals surface area contributed by atoms with Crippen molar-refractivity contribution >= 4 is 33.6 Å². The monoisotopic (exact) mass is 1380 g/mol. The Hall–Kier alpha value is -3.79. The fourth-order valence-corrected chi connectivity index (χ4v) is 11.3. The van der Waals surface area contributed by atoms with Crippen molar-refractivity contribution in [2.75, 3.05) is 39.6 Å². The van der Waals surface area contributed by atoms with Gasteiger partial charge in [-0.2, -0.15) is 0 Å². The first kappa shape index (κ1) is 91.2. The highest BCUT2D eigenvalue weighted by Gasteiger charge is 2.29. The average Bonchev–Trinajstić information content (AvgIpc) is 3.71. The lowest BCUT2D eigenvalue weighted by Gasteiger charge is -2.21. The van der Waals surface area contributed by atoms with Crippen molar-refractivity contribution in [2.24, 2.45) is 0 Å². The first-order valence-corrected chi connectivity index (χ1v) is 40.2. The third-order valence-electron chi connectivity index (χ3n) is 15.5. The van der Waals surface area contributed by atoms with E-state index >= 15 is 0 Å².